The summed E-state index contributed by atoms with van der Waals surface area (Å²) in [6.45, 7) is 2.07. The molecule has 0 saturated carbocycles. The molecule has 0 spiro atoms. The highest BCUT2D eigenvalue weighted by molar-refractivity contribution is 7.21. The zero-order valence-corrected chi connectivity index (χ0v) is 14.5. The smallest absolute Gasteiger partial charge is 0.273 e. The highest BCUT2D eigenvalue weighted by Crippen LogP contribution is 2.39. The Balaban J connectivity index is 1.92. The number of thiazole rings is 1. The van der Waals surface area contributed by atoms with E-state index in [1.54, 1.807) is 17.4 Å². The average Bonchev–Trinajstić information content (AvgIpc) is 3.12. The van der Waals surface area contributed by atoms with Crippen molar-refractivity contribution in [1.29, 1.82) is 0 Å². The molecule has 25 heavy (non-hydrogen) atoms. The van der Waals surface area contributed by atoms with Crippen LogP contribution < -0.4 is 4.57 Å². The lowest BCUT2D eigenvalue weighted by molar-refractivity contribution is -0.629. The van der Waals surface area contributed by atoms with E-state index in [9.17, 15) is 4.39 Å². The Morgan fingerprint density at radius 1 is 1.04 bits per heavy atom. The molecule has 0 N–H and O–H groups in total. The molecule has 5 heteroatoms. The minimum absolute atomic E-state index is 0.339. The zero-order chi connectivity index (χ0) is 17.1. The molecule has 0 amide bonds. The van der Waals surface area contributed by atoms with E-state index < -0.39 is 5.95 Å². The molecule has 3 nitrogen and oxygen atoms in total. The second-order valence-corrected chi connectivity index (χ2v) is 7.19. The fourth-order valence-corrected chi connectivity index (χ4v) is 4.64. The van der Waals surface area contributed by atoms with Gasteiger partial charge in [0.25, 0.3) is 5.01 Å². The molecule has 3 aromatic heterocycles. The van der Waals surface area contributed by atoms with Crippen molar-refractivity contribution in [2.75, 3.05) is 0 Å². The van der Waals surface area contributed by atoms with Gasteiger partial charge in [0.15, 0.2) is 5.58 Å². The van der Waals surface area contributed by atoms with Crippen molar-refractivity contribution in [2.45, 2.75) is 6.92 Å². The summed E-state index contributed by atoms with van der Waals surface area (Å²) in [4.78, 5) is 3.91. The summed E-state index contributed by atoms with van der Waals surface area (Å²) in [7, 11) is 2.06. The largest absolute Gasteiger partial charge is 0.437 e. The van der Waals surface area contributed by atoms with Crippen LogP contribution in [0.1, 0.15) is 5.56 Å². The third-order valence-electron chi connectivity index (χ3n) is 4.63. The second kappa shape index (κ2) is 5.10. The summed E-state index contributed by atoms with van der Waals surface area (Å²) >= 11 is 1.73. The van der Waals surface area contributed by atoms with Gasteiger partial charge in [-0.25, -0.2) is 0 Å². The van der Waals surface area contributed by atoms with Crippen molar-refractivity contribution in [3.63, 3.8) is 0 Å². The first kappa shape index (κ1) is 14.5. The van der Waals surface area contributed by atoms with E-state index in [-0.39, 0.29) is 0 Å². The van der Waals surface area contributed by atoms with E-state index in [0.717, 1.165) is 32.5 Å². The number of fused-ring (bicyclic) bond motifs is 4. The first-order chi connectivity index (χ1) is 12.1. The number of furan rings is 1. The first-order valence-corrected chi connectivity index (χ1v) is 8.81. The fourth-order valence-electron chi connectivity index (χ4n) is 3.38. The molecule has 0 unspecified atom stereocenters. The number of hydrogen-bond donors (Lipinski definition) is 0. The number of aromatic nitrogens is 2. The number of hydrogen-bond acceptors (Lipinski definition) is 3. The Labute approximate surface area is 147 Å². The van der Waals surface area contributed by atoms with Crippen LogP contribution in [0.5, 0.6) is 0 Å². The number of aryl methyl sites for hydroxylation is 2. The normalized spacial score (nSPS) is 11.8. The lowest BCUT2D eigenvalue weighted by Crippen LogP contribution is -2.28. The molecule has 5 aromatic rings. The highest BCUT2D eigenvalue weighted by atomic mass is 32.1. The number of pyridine rings is 1. The van der Waals surface area contributed by atoms with Crippen molar-refractivity contribution in [3.8, 4) is 10.6 Å². The summed E-state index contributed by atoms with van der Waals surface area (Å²) in [6, 6.07) is 15.5. The SMILES string of the molecule is Cc1ccc2c(oc3nc(F)ccc32)c1-c1sc2ccccc2[n+]1C. The van der Waals surface area contributed by atoms with Gasteiger partial charge in [-0.1, -0.05) is 35.6 Å². The molecule has 0 aliphatic rings. The standard InChI is InChI=1S/C20H14FN2OS/c1-11-7-8-12-13-9-10-16(21)22-19(13)24-18(12)17(11)20-23(2)14-5-3-4-6-15(14)25-20/h3-10H,1-2H3/q+1. The molecule has 0 saturated heterocycles. The maximum absolute atomic E-state index is 13.5. The van der Waals surface area contributed by atoms with E-state index in [1.165, 1.54) is 16.3 Å². The van der Waals surface area contributed by atoms with Crippen LogP contribution in [-0.4, -0.2) is 4.98 Å². The lowest BCUT2D eigenvalue weighted by Gasteiger charge is -2.01. The van der Waals surface area contributed by atoms with Gasteiger partial charge in [-0.3, -0.25) is 0 Å². The van der Waals surface area contributed by atoms with Crippen LogP contribution in [-0.2, 0) is 7.05 Å². The molecular formula is C20H14FN2OS+. The van der Waals surface area contributed by atoms with E-state index in [2.05, 4.69) is 41.7 Å². The molecule has 0 fully saturated rings. The summed E-state index contributed by atoms with van der Waals surface area (Å²) in [5.41, 5.74) is 4.44. The predicted octanol–water partition coefficient (Wildman–Crippen LogP) is 5.13. The Bertz CT molecular complexity index is 1290. The molecule has 0 aliphatic carbocycles. The summed E-state index contributed by atoms with van der Waals surface area (Å²) in [5.74, 6) is -0.530. The Morgan fingerprint density at radius 3 is 2.68 bits per heavy atom. The van der Waals surface area contributed by atoms with E-state index in [0.29, 0.717) is 5.71 Å². The quantitative estimate of drug-likeness (QED) is 0.310. The molecule has 3 heterocycles. The van der Waals surface area contributed by atoms with Crippen molar-refractivity contribution in [3.05, 3.63) is 60.0 Å². The second-order valence-electron chi connectivity index (χ2n) is 6.16. The number of halogens is 1. The van der Waals surface area contributed by atoms with Crippen molar-refractivity contribution in [2.24, 2.45) is 7.05 Å². The van der Waals surface area contributed by atoms with Gasteiger partial charge in [-0.15, -0.1) is 0 Å². The van der Waals surface area contributed by atoms with Gasteiger partial charge in [-0.2, -0.15) is 13.9 Å². The van der Waals surface area contributed by atoms with E-state index in [1.807, 2.05) is 18.2 Å². The zero-order valence-electron chi connectivity index (χ0n) is 13.7. The molecular weight excluding hydrogens is 335 g/mol. The lowest BCUT2D eigenvalue weighted by atomic mass is 10.0. The van der Waals surface area contributed by atoms with Gasteiger partial charge >= 0.3 is 0 Å². The van der Waals surface area contributed by atoms with Crippen LogP contribution in [0.3, 0.4) is 0 Å². The monoisotopic (exact) mass is 349 g/mol. The van der Waals surface area contributed by atoms with Gasteiger partial charge in [-0.05, 0) is 30.7 Å². The molecule has 0 bridgehead atoms. The van der Waals surface area contributed by atoms with E-state index >= 15 is 0 Å². The van der Waals surface area contributed by atoms with E-state index in [4.69, 9.17) is 4.42 Å². The molecule has 0 radical (unpaired) electrons. The third-order valence-corrected chi connectivity index (χ3v) is 5.87. The third kappa shape index (κ3) is 2.02. The minimum Gasteiger partial charge on any atom is -0.437 e. The summed E-state index contributed by atoms with van der Waals surface area (Å²) in [6.07, 6.45) is 0. The summed E-state index contributed by atoms with van der Waals surface area (Å²) < 4.78 is 22.9. The average molecular weight is 349 g/mol. The number of rotatable bonds is 1. The topological polar surface area (TPSA) is 29.9 Å². The Hall–Kier alpha value is -2.79. The molecule has 0 atom stereocenters. The maximum atomic E-state index is 13.5. The van der Waals surface area contributed by atoms with Crippen molar-refractivity contribution in [1.82, 2.24) is 4.98 Å². The Morgan fingerprint density at radius 2 is 1.84 bits per heavy atom. The van der Waals surface area contributed by atoms with Crippen LogP contribution in [0.4, 0.5) is 4.39 Å². The fraction of sp³-hybridized carbons (Fsp3) is 0.100. The van der Waals surface area contributed by atoms with Gasteiger partial charge in [0.1, 0.15) is 17.3 Å². The number of benzene rings is 2. The summed E-state index contributed by atoms with van der Waals surface area (Å²) in [5, 5.41) is 2.91. The van der Waals surface area contributed by atoms with Gasteiger partial charge in [0.2, 0.25) is 17.2 Å². The molecule has 0 aliphatic heterocycles. The minimum atomic E-state index is -0.530. The van der Waals surface area contributed by atoms with Gasteiger partial charge in [0, 0.05) is 16.8 Å². The molecule has 5 rings (SSSR count). The van der Waals surface area contributed by atoms with Crippen molar-refractivity contribution >= 4 is 43.6 Å². The predicted molar refractivity (Wildman–Crippen MR) is 98.2 cm³/mol. The van der Waals surface area contributed by atoms with Crippen LogP contribution in [0.2, 0.25) is 0 Å². The van der Waals surface area contributed by atoms with Crippen LogP contribution in [0.15, 0.2) is 52.9 Å². The molecule has 2 aromatic carbocycles. The first-order valence-electron chi connectivity index (χ1n) is 8.00. The van der Waals surface area contributed by atoms with Crippen LogP contribution in [0, 0.1) is 12.9 Å². The maximum Gasteiger partial charge on any atom is 0.273 e. The number of nitrogens with zero attached hydrogens (tertiary/aromatic N) is 2. The van der Waals surface area contributed by atoms with Gasteiger partial charge in [0.05, 0.1) is 0 Å². The van der Waals surface area contributed by atoms with Crippen LogP contribution >= 0.6 is 11.3 Å². The highest BCUT2D eigenvalue weighted by Gasteiger charge is 2.25. The van der Waals surface area contributed by atoms with Crippen molar-refractivity contribution < 1.29 is 13.4 Å². The molecule has 122 valence electrons. The Kier molecular flexibility index (Phi) is 2.97. The number of para-hydroxylation sites is 1. The van der Waals surface area contributed by atoms with Crippen LogP contribution in [0.25, 0.3) is 42.9 Å². The van der Waals surface area contributed by atoms with Gasteiger partial charge < -0.3 is 4.42 Å².